The number of sulfonamides is 1. The first-order valence-corrected chi connectivity index (χ1v) is 10.6. The minimum atomic E-state index is -4.78. The van der Waals surface area contributed by atoms with Gasteiger partial charge in [-0.25, -0.2) is 8.42 Å². The van der Waals surface area contributed by atoms with Crippen molar-refractivity contribution in [1.29, 1.82) is 0 Å². The van der Waals surface area contributed by atoms with Gasteiger partial charge in [0, 0.05) is 25.0 Å². The molecule has 0 N–H and O–H groups in total. The number of fused-ring (bicyclic) bond motifs is 1. The van der Waals surface area contributed by atoms with Gasteiger partial charge in [0.15, 0.2) is 0 Å². The van der Waals surface area contributed by atoms with Crippen molar-refractivity contribution < 1.29 is 26.3 Å². The highest BCUT2D eigenvalue weighted by Crippen LogP contribution is 2.40. The number of halogens is 3. The lowest BCUT2D eigenvalue weighted by Gasteiger charge is -2.36. The first-order chi connectivity index (χ1) is 14.2. The Hall–Kier alpha value is -2.78. The first-order valence-electron chi connectivity index (χ1n) is 9.20. The smallest absolute Gasteiger partial charge is 0.417 e. The normalized spacial score (nSPS) is 17.5. The molecule has 5 nitrogen and oxygen atoms in total. The van der Waals surface area contributed by atoms with Crippen molar-refractivity contribution in [3.05, 3.63) is 83.7 Å². The molecule has 1 aromatic heterocycles. The Morgan fingerprint density at radius 3 is 2.33 bits per heavy atom. The Morgan fingerprint density at radius 2 is 1.67 bits per heavy atom. The number of hydrogen-bond acceptors (Lipinski definition) is 3. The summed E-state index contributed by atoms with van der Waals surface area (Å²) in [5.41, 5.74) is 0.169. The molecule has 1 atom stereocenters. The molecule has 0 amide bonds. The third-order valence-electron chi connectivity index (χ3n) is 5.20. The Morgan fingerprint density at radius 1 is 0.967 bits per heavy atom. The molecular formula is C21H19F3N2O3S. The largest absolute Gasteiger partial charge is 0.497 e. The molecule has 0 fully saturated rings. The van der Waals surface area contributed by atoms with Gasteiger partial charge in [0.25, 0.3) is 0 Å². The molecule has 9 heteroatoms. The SMILES string of the molecule is COc1ccc(C2c3cccn3CCN2S(=O)(=O)c2ccccc2C(F)(F)F)cc1. The van der Waals surface area contributed by atoms with Crippen molar-refractivity contribution in [3.63, 3.8) is 0 Å². The van der Waals surface area contributed by atoms with E-state index in [-0.39, 0.29) is 6.54 Å². The van der Waals surface area contributed by atoms with Crippen LogP contribution in [0.5, 0.6) is 5.75 Å². The summed E-state index contributed by atoms with van der Waals surface area (Å²) in [4.78, 5) is -0.740. The van der Waals surface area contributed by atoms with E-state index in [9.17, 15) is 21.6 Å². The molecular weight excluding hydrogens is 417 g/mol. The van der Waals surface area contributed by atoms with Crippen LogP contribution < -0.4 is 4.74 Å². The first kappa shape index (κ1) is 20.5. The summed E-state index contributed by atoms with van der Waals surface area (Å²) in [7, 11) is -2.92. The number of ether oxygens (including phenoxy) is 1. The molecule has 0 aliphatic carbocycles. The molecule has 158 valence electrons. The lowest BCUT2D eigenvalue weighted by atomic mass is 10.0. The maximum absolute atomic E-state index is 13.5. The van der Waals surface area contributed by atoms with Gasteiger partial charge in [-0.1, -0.05) is 24.3 Å². The predicted octanol–water partition coefficient (Wildman–Crippen LogP) is 4.31. The second kappa shape index (κ2) is 7.48. The molecule has 0 spiro atoms. The van der Waals surface area contributed by atoms with Crippen LogP contribution in [0.15, 0.2) is 71.8 Å². The summed E-state index contributed by atoms with van der Waals surface area (Å²) in [6, 6.07) is 14.0. The van der Waals surface area contributed by atoms with E-state index in [1.807, 2.05) is 10.8 Å². The van der Waals surface area contributed by atoms with E-state index in [1.165, 1.54) is 19.2 Å². The number of methoxy groups -OCH3 is 1. The van der Waals surface area contributed by atoms with Crippen molar-refractivity contribution in [2.24, 2.45) is 0 Å². The molecule has 0 bridgehead atoms. The molecule has 0 radical (unpaired) electrons. The number of rotatable bonds is 4. The fraction of sp³-hybridized carbons (Fsp3) is 0.238. The molecule has 2 aromatic carbocycles. The van der Waals surface area contributed by atoms with Gasteiger partial charge in [-0.2, -0.15) is 17.5 Å². The van der Waals surface area contributed by atoms with E-state index >= 15 is 0 Å². The van der Waals surface area contributed by atoms with Crippen LogP contribution in [0.1, 0.15) is 22.9 Å². The van der Waals surface area contributed by atoms with Gasteiger partial charge in [-0.3, -0.25) is 0 Å². The zero-order valence-electron chi connectivity index (χ0n) is 16.0. The van der Waals surface area contributed by atoms with E-state index in [1.54, 1.807) is 36.4 Å². The monoisotopic (exact) mass is 436 g/mol. The summed E-state index contributed by atoms with van der Waals surface area (Å²) < 4.78 is 75.8. The number of benzene rings is 2. The molecule has 0 saturated carbocycles. The number of alkyl halides is 3. The Labute approximate surface area is 172 Å². The van der Waals surface area contributed by atoms with Gasteiger partial charge in [0.1, 0.15) is 5.75 Å². The van der Waals surface area contributed by atoms with Gasteiger partial charge in [0.05, 0.1) is 23.6 Å². The average Bonchev–Trinajstić information content (AvgIpc) is 3.21. The summed E-state index contributed by atoms with van der Waals surface area (Å²) in [5.74, 6) is 0.599. The maximum atomic E-state index is 13.5. The van der Waals surface area contributed by atoms with Crippen LogP contribution in [0, 0.1) is 0 Å². The number of aromatic nitrogens is 1. The van der Waals surface area contributed by atoms with Gasteiger partial charge in [-0.05, 0) is 42.0 Å². The third kappa shape index (κ3) is 3.48. The lowest BCUT2D eigenvalue weighted by Crippen LogP contribution is -2.42. The molecule has 0 saturated heterocycles. The van der Waals surface area contributed by atoms with Crippen LogP contribution in [-0.2, 0) is 22.7 Å². The quantitative estimate of drug-likeness (QED) is 0.613. The van der Waals surface area contributed by atoms with Crippen molar-refractivity contribution in [3.8, 4) is 5.75 Å². The highest BCUT2D eigenvalue weighted by molar-refractivity contribution is 7.89. The standard InChI is InChI=1S/C21H19F3N2O3S/c1-29-16-10-8-15(9-11-16)20-18-6-4-12-25(18)13-14-26(20)30(27,28)19-7-3-2-5-17(19)21(22,23)24/h2-12,20H,13-14H2,1H3. The van der Waals surface area contributed by atoms with Crippen LogP contribution in [0.25, 0.3) is 0 Å². The van der Waals surface area contributed by atoms with Gasteiger partial charge in [-0.15, -0.1) is 0 Å². The van der Waals surface area contributed by atoms with E-state index < -0.39 is 32.7 Å². The minimum absolute atomic E-state index is 0.0485. The molecule has 1 unspecified atom stereocenters. The molecule has 1 aliphatic rings. The molecule has 4 rings (SSSR count). The lowest BCUT2D eigenvalue weighted by molar-refractivity contribution is -0.139. The molecule has 2 heterocycles. The highest BCUT2D eigenvalue weighted by Gasteiger charge is 2.42. The second-order valence-electron chi connectivity index (χ2n) is 6.91. The average molecular weight is 436 g/mol. The van der Waals surface area contributed by atoms with Crippen LogP contribution in [0.4, 0.5) is 13.2 Å². The zero-order chi connectivity index (χ0) is 21.5. The van der Waals surface area contributed by atoms with Gasteiger partial charge >= 0.3 is 6.18 Å². The summed E-state index contributed by atoms with van der Waals surface area (Å²) in [5, 5.41) is 0. The molecule has 30 heavy (non-hydrogen) atoms. The van der Waals surface area contributed by atoms with Crippen LogP contribution in [0.2, 0.25) is 0 Å². The van der Waals surface area contributed by atoms with Crippen LogP contribution >= 0.6 is 0 Å². The minimum Gasteiger partial charge on any atom is -0.497 e. The number of nitrogens with zero attached hydrogens (tertiary/aromatic N) is 2. The van der Waals surface area contributed by atoms with E-state index in [0.29, 0.717) is 23.6 Å². The molecule has 3 aromatic rings. The van der Waals surface area contributed by atoms with Crippen molar-refractivity contribution >= 4 is 10.0 Å². The fourth-order valence-corrected chi connectivity index (χ4v) is 5.59. The van der Waals surface area contributed by atoms with Gasteiger partial charge in [0.2, 0.25) is 10.0 Å². The topological polar surface area (TPSA) is 51.5 Å². The Bertz CT molecular complexity index is 1150. The predicted molar refractivity (Wildman–Crippen MR) is 105 cm³/mol. The van der Waals surface area contributed by atoms with E-state index in [2.05, 4.69) is 0 Å². The number of hydrogen-bond donors (Lipinski definition) is 0. The summed E-state index contributed by atoms with van der Waals surface area (Å²) >= 11 is 0. The maximum Gasteiger partial charge on any atom is 0.417 e. The highest BCUT2D eigenvalue weighted by atomic mass is 32.2. The summed E-state index contributed by atoms with van der Waals surface area (Å²) in [6.45, 7) is 0.398. The Kier molecular flexibility index (Phi) is 5.11. The second-order valence-corrected chi connectivity index (χ2v) is 8.77. The van der Waals surface area contributed by atoms with Crippen LogP contribution in [0.3, 0.4) is 0 Å². The Balaban J connectivity index is 1.86. The van der Waals surface area contributed by atoms with E-state index in [4.69, 9.17) is 4.74 Å². The van der Waals surface area contributed by atoms with E-state index in [0.717, 1.165) is 16.4 Å². The van der Waals surface area contributed by atoms with Crippen molar-refractivity contribution in [2.75, 3.05) is 13.7 Å². The van der Waals surface area contributed by atoms with Gasteiger partial charge < -0.3 is 9.30 Å². The fourth-order valence-electron chi connectivity index (χ4n) is 3.80. The van der Waals surface area contributed by atoms with Crippen molar-refractivity contribution in [1.82, 2.24) is 8.87 Å². The zero-order valence-corrected chi connectivity index (χ0v) is 16.8. The molecule has 1 aliphatic heterocycles. The van der Waals surface area contributed by atoms with Crippen molar-refractivity contribution in [2.45, 2.75) is 23.7 Å². The summed E-state index contributed by atoms with van der Waals surface area (Å²) in [6.07, 6.45) is -2.95. The third-order valence-corrected chi connectivity index (χ3v) is 7.13. The van der Waals surface area contributed by atoms with Crippen LogP contribution in [-0.4, -0.2) is 30.9 Å².